The molecule has 2 rings (SSSR count). The molecule has 0 N–H and O–H groups in total. The van der Waals surface area contributed by atoms with E-state index < -0.39 is 22.5 Å². The van der Waals surface area contributed by atoms with Gasteiger partial charge in [-0.3, -0.25) is 4.31 Å². The molecule has 22 heavy (non-hydrogen) atoms. The average molecular weight is 323 g/mol. The van der Waals surface area contributed by atoms with Crippen molar-refractivity contribution in [2.75, 3.05) is 10.8 Å². The van der Waals surface area contributed by atoms with Gasteiger partial charge in [-0.15, -0.1) is 0 Å². The van der Waals surface area contributed by atoms with Gasteiger partial charge in [-0.25, -0.2) is 8.42 Å². The van der Waals surface area contributed by atoms with Crippen molar-refractivity contribution in [3.05, 3.63) is 41.3 Å². The quantitative estimate of drug-likeness (QED) is 0.795. The van der Waals surface area contributed by atoms with Crippen molar-refractivity contribution in [1.82, 2.24) is 5.16 Å². The van der Waals surface area contributed by atoms with Gasteiger partial charge in [-0.05, 0) is 32.9 Å². The Hall–Kier alpha value is -2.35. The smallest absolute Gasteiger partial charge is 0.270 e. The van der Waals surface area contributed by atoms with Crippen LogP contribution in [0.1, 0.15) is 17.0 Å². The lowest BCUT2D eigenvalue weighted by molar-refractivity contribution is -0.303. The van der Waals surface area contributed by atoms with E-state index in [1.807, 2.05) is 6.92 Å². The van der Waals surface area contributed by atoms with Crippen LogP contribution in [-0.4, -0.2) is 26.1 Å². The molecule has 1 aromatic heterocycles. The Morgan fingerprint density at radius 3 is 2.27 bits per heavy atom. The molecular weight excluding hydrogens is 308 g/mol. The number of nitrogens with zero attached hydrogens (tertiary/aromatic N) is 2. The second kappa shape index (κ2) is 5.80. The number of carboxylic acids is 1. The largest absolute Gasteiger partial charge is 0.548 e. The summed E-state index contributed by atoms with van der Waals surface area (Å²) in [5.74, 6) is -1.40. The minimum atomic E-state index is -4.12. The fourth-order valence-electron chi connectivity index (χ4n) is 2.10. The van der Waals surface area contributed by atoms with Crippen LogP contribution >= 0.6 is 0 Å². The van der Waals surface area contributed by atoms with Crippen LogP contribution in [0.15, 0.2) is 33.7 Å². The first-order chi connectivity index (χ1) is 10.2. The summed E-state index contributed by atoms with van der Waals surface area (Å²) in [6.07, 6.45) is 0. The van der Waals surface area contributed by atoms with Crippen LogP contribution in [0.4, 0.5) is 5.69 Å². The lowest BCUT2D eigenvalue weighted by Crippen LogP contribution is -2.42. The minimum absolute atomic E-state index is 0.105. The highest BCUT2D eigenvalue weighted by Gasteiger charge is 2.31. The van der Waals surface area contributed by atoms with Crippen molar-refractivity contribution in [3.63, 3.8) is 0 Å². The molecule has 0 radical (unpaired) electrons. The van der Waals surface area contributed by atoms with Gasteiger partial charge in [0.05, 0.1) is 18.2 Å². The van der Waals surface area contributed by atoms with Gasteiger partial charge in [0.1, 0.15) is 5.69 Å². The maximum atomic E-state index is 12.8. The summed E-state index contributed by atoms with van der Waals surface area (Å²) in [5.41, 5.74) is 1.33. The lowest BCUT2D eigenvalue weighted by Gasteiger charge is -2.24. The molecule has 0 bridgehead atoms. The standard InChI is InChI=1S/C14H16N2O5S/c1-9-4-6-12(7-5-9)16(8-13(17)18)22(19,20)14-10(2)15-21-11(14)3/h4-7H,8H2,1-3H3,(H,17,18)/p-1. The first-order valence-electron chi connectivity index (χ1n) is 6.45. The lowest BCUT2D eigenvalue weighted by atomic mass is 10.2. The number of aryl methyl sites for hydroxylation is 3. The molecule has 7 nitrogen and oxygen atoms in total. The molecular formula is C14H15N2O5S-. The number of hydrogen-bond donors (Lipinski definition) is 0. The SMILES string of the molecule is Cc1ccc(N(CC(=O)[O-])S(=O)(=O)c2c(C)noc2C)cc1. The van der Waals surface area contributed by atoms with Gasteiger partial charge in [0.15, 0.2) is 10.7 Å². The van der Waals surface area contributed by atoms with Gasteiger partial charge in [0.25, 0.3) is 10.0 Å². The highest BCUT2D eigenvalue weighted by Crippen LogP contribution is 2.27. The molecule has 0 aliphatic rings. The first-order valence-corrected chi connectivity index (χ1v) is 7.89. The number of rotatable bonds is 5. The minimum Gasteiger partial charge on any atom is -0.548 e. The van der Waals surface area contributed by atoms with Crippen LogP contribution in [-0.2, 0) is 14.8 Å². The number of carboxylic acid groups (broad SMARTS) is 1. The molecule has 0 saturated heterocycles. The fraction of sp³-hybridized carbons (Fsp3) is 0.286. The van der Waals surface area contributed by atoms with Crippen molar-refractivity contribution in [2.24, 2.45) is 0 Å². The third-order valence-corrected chi connectivity index (χ3v) is 5.13. The maximum absolute atomic E-state index is 12.8. The number of anilines is 1. The Labute approximate surface area is 128 Å². The van der Waals surface area contributed by atoms with Crippen LogP contribution in [0, 0.1) is 20.8 Å². The predicted molar refractivity (Wildman–Crippen MR) is 76.7 cm³/mol. The van der Waals surface area contributed by atoms with Crippen molar-refractivity contribution in [3.8, 4) is 0 Å². The van der Waals surface area contributed by atoms with E-state index in [-0.39, 0.29) is 22.0 Å². The van der Waals surface area contributed by atoms with E-state index in [9.17, 15) is 18.3 Å². The van der Waals surface area contributed by atoms with Crippen molar-refractivity contribution >= 4 is 21.7 Å². The molecule has 1 heterocycles. The monoisotopic (exact) mass is 323 g/mol. The highest BCUT2D eigenvalue weighted by molar-refractivity contribution is 7.93. The molecule has 2 aromatic rings. The second-order valence-electron chi connectivity index (χ2n) is 4.87. The maximum Gasteiger partial charge on any atom is 0.270 e. The fourth-order valence-corrected chi connectivity index (χ4v) is 3.80. The Balaban J connectivity index is 2.58. The van der Waals surface area contributed by atoms with Gasteiger partial charge in [0.2, 0.25) is 0 Å². The van der Waals surface area contributed by atoms with Crippen LogP contribution < -0.4 is 9.41 Å². The normalized spacial score (nSPS) is 11.4. The van der Waals surface area contributed by atoms with Gasteiger partial charge in [-0.1, -0.05) is 22.9 Å². The van der Waals surface area contributed by atoms with E-state index in [0.717, 1.165) is 9.87 Å². The number of aromatic nitrogens is 1. The summed E-state index contributed by atoms with van der Waals surface area (Å²) in [5, 5.41) is 14.6. The number of aliphatic carboxylic acids is 1. The van der Waals surface area contributed by atoms with E-state index in [1.54, 1.807) is 12.1 Å². The Morgan fingerprint density at radius 1 is 1.23 bits per heavy atom. The van der Waals surface area contributed by atoms with Crippen molar-refractivity contribution < 1.29 is 22.8 Å². The first kappa shape index (κ1) is 16.0. The highest BCUT2D eigenvalue weighted by atomic mass is 32.2. The Kier molecular flexibility index (Phi) is 4.23. The molecule has 0 fully saturated rings. The van der Waals surface area contributed by atoms with E-state index in [2.05, 4.69) is 5.16 Å². The van der Waals surface area contributed by atoms with E-state index in [4.69, 9.17) is 4.52 Å². The van der Waals surface area contributed by atoms with Crippen LogP contribution in [0.3, 0.4) is 0 Å². The van der Waals surface area contributed by atoms with E-state index >= 15 is 0 Å². The number of benzene rings is 1. The third kappa shape index (κ3) is 2.96. The summed E-state index contributed by atoms with van der Waals surface area (Å²) in [6, 6.07) is 6.46. The molecule has 0 atom stereocenters. The summed E-state index contributed by atoms with van der Waals surface area (Å²) in [7, 11) is -4.12. The third-order valence-electron chi connectivity index (χ3n) is 3.11. The van der Waals surface area contributed by atoms with Crippen LogP contribution in [0.5, 0.6) is 0 Å². The zero-order valence-electron chi connectivity index (χ0n) is 12.4. The summed E-state index contributed by atoms with van der Waals surface area (Å²) < 4.78 is 31.2. The topological polar surface area (TPSA) is 104 Å². The Bertz CT molecular complexity index is 774. The molecule has 0 saturated carbocycles. The van der Waals surface area contributed by atoms with Crippen molar-refractivity contribution in [2.45, 2.75) is 25.7 Å². The van der Waals surface area contributed by atoms with Gasteiger partial charge in [-0.2, -0.15) is 0 Å². The number of sulfonamides is 1. The molecule has 0 unspecified atom stereocenters. The van der Waals surface area contributed by atoms with Crippen LogP contribution in [0.25, 0.3) is 0 Å². The Morgan fingerprint density at radius 2 is 1.82 bits per heavy atom. The van der Waals surface area contributed by atoms with Crippen LogP contribution in [0.2, 0.25) is 0 Å². The predicted octanol–water partition coefficient (Wildman–Crippen LogP) is 0.545. The van der Waals surface area contributed by atoms with Crippen molar-refractivity contribution in [1.29, 1.82) is 0 Å². The number of hydrogen-bond acceptors (Lipinski definition) is 6. The molecule has 0 amide bonds. The molecule has 1 aromatic carbocycles. The van der Waals surface area contributed by atoms with Gasteiger partial charge in [0, 0.05) is 0 Å². The molecule has 0 spiro atoms. The molecule has 0 aliphatic carbocycles. The summed E-state index contributed by atoms with van der Waals surface area (Å²) in [4.78, 5) is 10.8. The molecule has 8 heteroatoms. The van der Waals surface area contributed by atoms with Gasteiger partial charge < -0.3 is 14.4 Å². The van der Waals surface area contributed by atoms with E-state index in [0.29, 0.717) is 0 Å². The zero-order chi connectivity index (χ0) is 16.5. The van der Waals surface area contributed by atoms with Gasteiger partial charge >= 0.3 is 0 Å². The second-order valence-corrected chi connectivity index (χ2v) is 6.67. The average Bonchev–Trinajstić information content (AvgIpc) is 2.77. The number of carbonyl (C=O) groups excluding carboxylic acids is 1. The molecule has 118 valence electrons. The number of carbonyl (C=O) groups is 1. The zero-order valence-corrected chi connectivity index (χ0v) is 13.2. The van der Waals surface area contributed by atoms with E-state index in [1.165, 1.54) is 26.0 Å². The molecule has 0 aliphatic heterocycles. The summed E-state index contributed by atoms with van der Waals surface area (Å²) >= 11 is 0. The summed E-state index contributed by atoms with van der Waals surface area (Å²) in [6.45, 7) is 3.99.